The zero-order chi connectivity index (χ0) is 23.1. The largest absolute Gasteiger partial charge is 0.496 e. The number of amides is 1. The lowest BCUT2D eigenvalue weighted by atomic mass is 9.98. The summed E-state index contributed by atoms with van der Waals surface area (Å²) in [5.41, 5.74) is 1.43. The Morgan fingerprint density at radius 2 is 1.84 bits per heavy atom. The Kier molecular flexibility index (Phi) is 8.33. The third kappa shape index (κ3) is 5.91. The molecular weight excluding hydrogens is 410 g/mol. The third-order valence-corrected chi connectivity index (χ3v) is 5.79. The van der Waals surface area contributed by atoms with Gasteiger partial charge in [-0.25, -0.2) is 0 Å². The normalized spacial score (nSPS) is 16.8. The van der Waals surface area contributed by atoms with Crippen LogP contribution in [0, 0.1) is 0 Å². The highest BCUT2D eigenvalue weighted by Gasteiger charge is 2.24. The molecule has 1 aliphatic rings. The van der Waals surface area contributed by atoms with Crippen molar-refractivity contribution in [2.75, 3.05) is 27.9 Å². The van der Waals surface area contributed by atoms with Crippen LogP contribution in [0.5, 0.6) is 17.2 Å². The number of carbonyl (C=O) groups is 1. The summed E-state index contributed by atoms with van der Waals surface area (Å²) >= 11 is 0. The van der Waals surface area contributed by atoms with Gasteiger partial charge in [0.15, 0.2) is 17.2 Å². The summed E-state index contributed by atoms with van der Waals surface area (Å²) in [6, 6.07) is 4.36. The minimum Gasteiger partial charge on any atom is -0.496 e. The summed E-state index contributed by atoms with van der Waals surface area (Å²) in [4.78, 5) is 14.6. The zero-order valence-electron chi connectivity index (χ0n) is 19.8. The Balaban J connectivity index is 1.67. The van der Waals surface area contributed by atoms with Gasteiger partial charge in [0.1, 0.15) is 5.75 Å². The second-order valence-electron chi connectivity index (χ2n) is 8.42. The van der Waals surface area contributed by atoms with E-state index in [-0.39, 0.29) is 11.9 Å². The quantitative estimate of drug-likeness (QED) is 0.601. The maximum Gasteiger partial charge on any atom is 0.273 e. The van der Waals surface area contributed by atoms with Crippen LogP contribution >= 0.6 is 0 Å². The topological polar surface area (TPSA) is 90.7 Å². The molecule has 0 saturated carbocycles. The van der Waals surface area contributed by atoms with Gasteiger partial charge in [-0.3, -0.25) is 14.4 Å². The molecule has 0 unspecified atom stereocenters. The Bertz CT molecular complexity index is 899. The van der Waals surface area contributed by atoms with Crippen LogP contribution < -0.4 is 19.5 Å². The molecule has 3 rings (SSSR count). The smallest absolute Gasteiger partial charge is 0.273 e. The molecule has 1 atom stereocenters. The number of hydrogen-bond acceptors (Lipinski definition) is 7. The number of nitrogens with zero attached hydrogens (tertiary/aromatic N) is 4. The molecule has 1 aromatic heterocycles. The van der Waals surface area contributed by atoms with E-state index in [1.165, 1.54) is 12.8 Å². The molecule has 32 heavy (non-hydrogen) atoms. The average molecular weight is 446 g/mol. The summed E-state index contributed by atoms with van der Waals surface area (Å²) in [5, 5.41) is 11.0. The van der Waals surface area contributed by atoms with Gasteiger partial charge in [0.2, 0.25) is 0 Å². The van der Waals surface area contributed by atoms with Crippen LogP contribution in [0.3, 0.4) is 0 Å². The number of nitrogens with one attached hydrogen (secondary N) is 1. The van der Waals surface area contributed by atoms with Gasteiger partial charge in [0.25, 0.3) is 5.91 Å². The summed E-state index contributed by atoms with van der Waals surface area (Å²) < 4.78 is 18.3. The standard InChI is InChI=1S/C23H35N5O4/c1-16(2)24-23(29)19-15-28(26-25-19)11-9-18-8-6-7-10-27(18)14-17-12-21(31-4)22(32-5)13-20(17)30-3/h12-13,15-16,18H,6-11,14H2,1-5H3,(H,24,29)/t18-/m0/s1. The highest BCUT2D eigenvalue weighted by molar-refractivity contribution is 5.91. The minimum absolute atomic E-state index is 0.0667. The van der Waals surface area contributed by atoms with Gasteiger partial charge >= 0.3 is 0 Å². The molecule has 0 aliphatic carbocycles. The van der Waals surface area contributed by atoms with Crippen LogP contribution in [0.15, 0.2) is 18.3 Å². The fourth-order valence-corrected chi connectivity index (χ4v) is 4.16. The van der Waals surface area contributed by atoms with Gasteiger partial charge < -0.3 is 19.5 Å². The number of piperidine rings is 1. The Labute approximate surface area is 190 Å². The summed E-state index contributed by atoms with van der Waals surface area (Å²) in [5.74, 6) is 1.97. The molecule has 1 aliphatic heterocycles. The van der Waals surface area contributed by atoms with Gasteiger partial charge in [0.05, 0.1) is 27.5 Å². The number of rotatable bonds is 10. The van der Waals surface area contributed by atoms with Crippen molar-refractivity contribution in [2.24, 2.45) is 0 Å². The molecule has 2 heterocycles. The molecular formula is C23H35N5O4. The summed E-state index contributed by atoms with van der Waals surface area (Å²) in [6.07, 6.45) is 6.18. The van der Waals surface area contributed by atoms with E-state index in [0.29, 0.717) is 29.8 Å². The Morgan fingerprint density at radius 1 is 1.12 bits per heavy atom. The zero-order valence-corrected chi connectivity index (χ0v) is 19.8. The summed E-state index contributed by atoms with van der Waals surface area (Å²) in [6.45, 7) is 6.36. The number of carbonyl (C=O) groups excluding carboxylic acids is 1. The van der Waals surface area contributed by atoms with E-state index in [4.69, 9.17) is 14.2 Å². The molecule has 1 N–H and O–H groups in total. The van der Waals surface area contributed by atoms with E-state index in [0.717, 1.165) is 37.2 Å². The van der Waals surface area contributed by atoms with Crippen LogP contribution in [-0.4, -0.2) is 65.8 Å². The van der Waals surface area contributed by atoms with Crippen LogP contribution in [-0.2, 0) is 13.1 Å². The molecule has 9 heteroatoms. The minimum atomic E-state index is -0.189. The first kappa shape index (κ1) is 23.8. The number of benzene rings is 1. The Hall–Kier alpha value is -2.81. The SMILES string of the molecule is COc1cc(OC)c(OC)cc1CN1CCCC[C@H]1CCn1cc(C(=O)NC(C)C)nn1. The maximum atomic E-state index is 12.1. The molecule has 1 fully saturated rings. The van der Waals surface area contributed by atoms with Gasteiger partial charge in [-0.1, -0.05) is 11.6 Å². The van der Waals surface area contributed by atoms with Crippen molar-refractivity contribution in [1.82, 2.24) is 25.2 Å². The van der Waals surface area contributed by atoms with Crippen LogP contribution in [0.1, 0.15) is 55.6 Å². The Morgan fingerprint density at radius 3 is 2.53 bits per heavy atom. The number of likely N-dealkylation sites (tertiary alicyclic amines) is 1. The monoisotopic (exact) mass is 445 g/mol. The molecule has 1 amide bonds. The fraction of sp³-hybridized carbons (Fsp3) is 0.609. The lowest BCUT2D eigenvalue weighted by Crippen LogP contribution is -2.39. The van der Waals surface area contributed by atoms with Crippen LogP contribution in [0.25, 0.3) is 0 Å². The number of aryl methyl sites for hydroxylation is 1. The number of hydrogen-bond donors (Lipinski definition) is 1. The van der Waals surface area contributed by atoms with Crippen molar-refractivity contribution in [3.8, 4) is 17.2 Å². The molecule has 2 aromatic rings. The van der Waals surface area contributed by atoms with Gasteiger partial charge in [-0.2, -0.15) is 0 Å². The first-order valence-electron chi connectivity index (χ1n) is 11.2. The predicted molar refractivity (Wildman–Crippen MR) is 121 cm³/mol. The highest BCUT2D eigenvalue weighted by atomic mass is 16.5. The van der Waals surface area contributed by atoms with Crippen molar-refractivity contribution >= 4 is 5.91 Å². The molecule has 0 bridgehead atoms. The lowest BCUT2D eigenvalue weighted by Gasteiger charge is -2.36. The second kappa shape index (κ2) is 11.2. The number of methoxy groups -OCH3 is 3. The van der Waals surface area contributed by atoms with E-state index in [1.54, 1.807) is 32.2 Å². The molecule has 9 nitrogen and oxygen atoms in total. The molecule has 1 saturated heterocycles. The second-order valence-corrected chi connectivity index (χ2v) is 8.42. The van der Waals surface area contributed by atoms with Crippen molar-refractivity contribution in [2.45, 2.75) is 64.7 Å². The lowest BCUT2D eigenvalue weighted by molar-refractivity contribution is 0.0938. The van der Waals surface area contributed by atoms with Crippen molar-refractivity contribution in [3.63, 3.8) is 0 Å². The number of aromatic nitrogens is 3. The maximum absolute atomic E-state index is 12.1. The van der Waals surface area contributed by atoms with E-state index in [9.17, 15) is 4.79 Å². The first-order valence-corrected chi connectivity index (χ1v) is 11.2. The van der Waals surface area contributed by atoms with Gasteiger partial charge in [0, 0.05) is 36.8 Å². The third-order valence-electron chi connectivity index (χ3n) is 5.79. The van der Waals surface area contributed by atoms with E-state index in [2.05, 4.69) is 20.5 Å². The van der Waals surface area contributed by atoms with Crippen molar-refractivity contribution < 1.29 is 19.0 Å². The van der Waals surface area contributed by atoms with Gasteiger partial charge in [-0.15, -0.1) is 5.10 Å². The fourth-order valence-electron chi connectivity index (χ4n) is 4.16. The highest BCUT2D eigenvalue weighted by Crippen LogP contribution is 2.36. The molecule has 176 valence electrons. The van der Waals surface area contributed by atoms with E-state index >= 15 is 0 Å². The van der Waals surface area contributed by atoms with Crippen molar-refractivity contribution in [1.29, 1.82) is 0 Å². The van der Waals surface area contributed by atoms with Crippen LogP contribution in [0.2, 0.25) is 0 Å². The molecule has 0 spiro atoms. The summed E-state index contributed by atoms with van der Waals surface area (Å²) in [7, 11) is 4.95. The first-order chi connectivity index (χ1) is 15.4. The van der Waals surface area contributed by atoms with Crippen molar-refractivity contribution in [3.05, 3.63) is 29.6 Å². The molecule has 1 aromatic carbocycles. The molecule has 0 radical (unpaired) electrons. The predicted octanol–water partition coefficient (Wildman–Crippen LogP) is 2.89. The average Bonchev–Trinajstić information content (AvgIpc) is 3.27. The van der Waals surface area contributed by atoms with E-state index < -0.39 is 0 Å². The van der Waals surface area contributed by atoms with Gasteiger partial charge in [-0.05, 0) is 45.7 Å². The van der Waals surface area contributed by atoms with Crippen LogP contribution in [0.4, 0.5) is 0 Å². The van der Waals surface area contributed by atoms with E-state index in [1.807, 2.05) is 26.0 Å². The number of ether oxygens (including phenoxy) is 3.